The predicted molar refractivity (Wildman–Crippen MR) is 102 cm³/mol. The second kappa shape index (κ2) is 8.07. The minimum Gasteiger partial charge on any atom is -0.422 e. The number of halogens is 1. The number of ether oxygens (including phenoxy) is 1. The van der Waals surface area contributed by atoms with Crippen molar-refractivity contribution < 1.29 is 18.9 Å². The predicted octanol–water partition coefficient (Wildman–Crippen LogP) is 4.92. The fourth-order valence-corrected chi connectivity index (χ4v) is 3.98. The van der Waals surface area contributed by atoms with Gasteiger partial charge in [0.1, 0.15) is 5.75 Å². The minimum absolute atomic E-state index is 0.0924. The van der Waals surface area contributed by atoms with E-state index in [0.29, 0.717) is 12.4 Å². The Bertz CT molecular complexity index is 757. The molecule has 0 heterocycles. The molecule has 2 aromatic carbocycles. The van der Waals surface area contributed by atoms with Crippen molar-refractivity contribution in [1.29, 1.82) is 0 Å². The molecule has 0 radical (unpaired) electrons. The van der Waals surface area contributed by atoms with Crippen LogP contribution in [0.2, 0.25) is 0 Å². The lowest BCUT2D eigenvalue weighted by Gasteiger charge is -2.26. The van der Waals surface area contributed by atoms with Gasteiger partial charge < -0.3 is 14.4 Å². The Morgan fingerprint density at radius 2 is 1.84 bits per heavy atom. The Balaban J connectivity index is 2.04. The molecule has 0 aromatic heterocycles. The molecule has 2 rings (SSSR count). The van der Waals surface area contributed by atoms with Gasteiger partial charge in [-0.3, -0.25) is 0 Å². The Labute approximate surface area is 153 Å². The first-order valence-electron chi connectivity index (χ1n) is 8.12. The Kier molecular flexibility index (Phi) is 6.52. The second-order valence-corrected chi connectivity index (χ2v) is 9.96. The highest BCUT2D eigenvalue weighted by Gasteiger charge is 2.29. The van der Waals surface area contributed by atoms with E-state index in [-0.39, 0.29) is 5.41 Å². The van der Waals surface area contributed by atoms with Gasteiger partial charge in [0, 0.05) is 16.6 Å². The zero-order valence-corrected chi connectivity index (χ0v) is 16.6. The summed E-state index contributed by atoms with van der Waals surface area (Å²) in [5, 5.41) is 14.5. The molecule has 0 bridgehead atoms. The summed E-state index contributed by atoms with van der Waals surface area (Å²) in [5.74, 6) is 0.418. The van der Waals surface area contributed by atoms with Crippen LogP contribution in [-0.2, 0) is 9.30 Å². The van der Waals surface area contributed by atoms with Gasteiger partial charge in [0.15, 0.2) is 6.29 Å². The molecule has 7 heteroatoms. The maximum absolute atomic E-state index is 12.6. The van der Waals surface area contributed by atoms with Gasteiger partial charge >= 0.3 is 6.87 Å². The number of hydrogen-bond acceptors (Lipinski definition) is 4. The molecule has 0 aliphatic carbocycles. The lowest BCUT2D eigenvalue weighted by Crippen LogP contribution is -2.38. The average molecular weight is 386 g/mol. The van der Waals surface area contributed by atoms with Crippen molar-refractivity contribution in [3.8, 4) is 5.75 Å². The van der Waals surface area contributed by atoms with E-state index in [1.807, 2.05) is 51.1 Å². The third-order valence-electron chi connectivity index (χ3n) is 3.44. The average Bonchev–Trinajstić information content (AvgIpc) is 2.51. The largest absolute Gasteiger partial charge is 0.422 e. The molecule has 0 saturated carbocycles. The molecule has 0 aliphatic rings. The van der Waals surface area contributed by atoms with Crippen molar-refractivity contribution in [2.75, 3.05) is 6.61 Å². The normalized spacial score (nSPS) is 17.0. The van der Waals surface area contributed by atoms with E-state index in [1.54, 1.807) is 19.1 Å². The number of aliphatic hydroxyl groups excluding tert-OH is 1. The van der Waals surface area contributed by atoms with Crippen LogP contribution < -0.4 is 9.61 Å². The SMILES string of the molecule is CC(NP(=O)(Cl)Oc1cccc2ccccc12)C(O)OCC(C)(C)C. The molecular weight excluding hydrogens is 361 g/mol. The van der Waals surface area contributed by atoms with Crippen molar-refractivity contribution in [2.24, 2.45) is 5.41 Å². The molecule has 5 nitrogen and oxygen atoms in total. The highest BCUT2D eigenvalue weighted by molar-refractivity contribution is 7.84. The van der Waals surface area contributed by atoms with Gasteiger partial charge in [-0.2, -0.15) is 0 Å². The van der Waals surface area contributed by atoms with Crippen molar-refractivity contribution in [3.63, 3.8) is 0 Å². The van der Waals surface area contributed by atoms with Gasteiger partial charge in [0.2, 0.25) is 0 Å². The Morgan fingerprint density at radius 3 is 2.52 bits per heavy atom. The van der Waals surface area contributed by atoms with Crippen LogP contribution in [-0.4, -0.2) is 24.0 Å². The number of rotatable bonds is 7. The summed E-state index contributed by atoms with van der Waals surface area (Å²) in [5.41, 5.74) is -0.0924. The van der Waals surface area contributed by atoms with Crippen LogP contribution in [0.3, 0.4) is 0 Å². The monoisotopic (exact) mass is 385 g/mol. The standard InChI is InChI=1S/C18H25ClNO4P/c1-13(17(21)23-12-18(2,3)4)20-25(19,22)24-16-11-7-9-14-8-5-6-10-15(14)16/h5-11,13,17,21H,12H2,1-4H3,(H,20,22). The van der Waals surface area contributed by atoms with Gasteiger partial charge in [-0.1, -0.05) is 57.2 Å². The first-order valence-corrected chi connectivity index (χ1v) is 10.6. The molecule has 25 heavy (non-hydrogen) atoms. The van der Waals surface area contributed by atoms with Crippen LogP contribution in [0.4, 0.5) is 0 Å². The number of nitrogens with one attached hydrogen (secondary N) is 1. The summed E-state index contributed by atoms with van der Waals surface area (Å²) in [7, 11) is 0. The summed E-state index contributed by atoms with van der Waals surface area (Å²) in [6.45, 7) is 4.26. The van der Waals surface area contributed by atoms with Crippen molar-refractivity contribution in [3.05, 3.63) is 42.5 Å². The summed E-state index contributed by atoms with van der Waals surface area (Å²) in [6.07, 6.45) is -1.15. The van der Waals surface area contributed by atoms with Crippen molar-refractivity contribution in [1.82, 2.24) is 5.09 Å². The molecule has 2 aromatic rings. The molecule has 138 valence electrons. The van der Waals surface area contributed by atoms with E-state index < -0.39 is 19.2 Å². The Hall–Kier alpha value is -1.10. The Morgan fingerprint density at radius 1 is 1.20 bits per heavy atom. The summed E-state index contributed by atoms with van der Waals surface area (Å²) < 4.78 is 23.5. The van der Waals surface area contributed by atoms with E-state index in [1.165, 1.54) is 0 Å². The molecule has 0 spiro atoms. The highest BCUT2D eigenvalue weighted by atomic mass is 35.7. The van der Waals surface area contributed by atoms with E-state index in [0.717, 1.165) is 10.8 Å². The van der Waals surface area contributed by atoms with Crippen molar-refractivity contribution >= 4 is 28.9 Å². The molecular formula is C18H25ClNO4P. The maximum atomic E-state index is 12.6. The first kappa shape index (κ1) is 20.2. The van der Waals surface area contributed by atoms with E-state index in [4.69, 9.17) is 20.5 Å². The zero-order chi connectivity index (χ0) is 18.7. The first-order chi connectivity index (χ1) is 11.6. The minimum atomic E-state index is -3.71. The van der Waals surface area contributed by atoms with E-state index in [2.05, 4.69) is 5.09 Å². The topological polar surface area (TPSA) is 67.8 Å². The molecule has 0 aliphatic heterocycles. The van der Waals surface area contributed by atoms with Crippen LogP contribution in [0.1, 0.15) is 27.7 Å². The molecule has 3 atom stereocenters. The number of hydrogen-bond donors (Lipinski definition) is 2. The molecule has 2 N–H and O–H groups in total. The van der Waals surface area contributed by atoms with Gasteiger partial charge in [-0.15, -0.1) is 0 Å². The highest BCUT2D eigenvalue weighted by Crippen LogP contribution is 2.50. The molecule has 0 fully saturated rings. The van der Waals surface area contributed by atoms with Crippen LogP contribution >= 0.6 is 18.1 Å². The smallest absolute Gasteiger partial charge is 0.409 e. The van der Waals surface area contributed by atoms with Gasteiger partial charge in [0.05, 0.1) is 12.6 Å². The summed E-state index contributed by atoms with van der Waals surface area (Å²) in [6, 6.07) is 12.4. The third kappa shape index (κ3) is 6.28. The van der Waals surface area contributed by atoms with Crippen LogP contribution in [0.5, 0.6) is 5.75 Å². The summed E-state index contributed by atoms with van der Waals surface area (Å²) in [4.78, 5) is 0. The molecule has 0 amide bonds. The van der Waals surface area contributed by atoms with Crippen LogP contribution in [0, 0.1) is 5.41 Å². The lowest BCUT2D eigenvalue weighted by atomic mass is 9.99. The third-order valence-corrected chi connectivity index (χ3v) is 5.09. The fourth-order valence-electron chi connectivity index (χ4n) is 2.21. The van der Waals surface area contributed by atoms with Crippen LogP contribution in [0.25, 0.3) is 10.8 Å². The zero-order valence-electron chi connectivity index (χ0n) is 14.9. The number of benzene rings is 2. The lowest BCUT2D eigenvalue weighted by molar-refractivity contribution is -0.131. The van der Waals surface area contributed by atoms with Gasteiger partial charge in [0.25, 0.3) is 0 Å². The number of aliphatic hydroxyl groups is 1. The summed E-state index contributed by atoms with van der Waals surface area (Å²) >= 11 is 6.06. The second-order valence-electron chi connectivity index (χ2n) is 7.23. The molecule has 0 saturated heterocycles. The van der Waals surface area contributed by atoms with Gasteiger partial charge in [-0.25, -0.2) is 9.65 Å². The van der Waals surface area contributed by atoms with Crippen molar-refractivity contribution in [2.45, 2.75) is 40.0 Å². The quantitative estimate of drug-likeness (QED) is 0.522. The van der Waals surface area contributed by atoms with E-state index in [9.17, 15) is 9.67 Å². The number of fused-ring (bicyclic) bond motifs is 1. The van der Waals surface area contributed by atoms with E-state index >= 15 is 0 Å². The fraction of sp³-hybridized carbons (Fsp3) is 0.444. The van der Waals surface area contributed by atoms with Gasteiger partial charge in [-0.05, 0) is 23.8 Å². The van der Waals surface area contributed by atoms with Crippen LogP contribution in [0.15, 0.2) is 42.5 Å². The molecule has 3 unspecified atom stereocenters. The maximum Gasteiger partial charge on any atom is 0.409 e.